The van der Waals surface area contributed by atoms with Crippen LogP contribution in [0.4, 0.5) is 15.3 Å². The van der Waals surface area contributed by atoms with Crippen LogP contribution in [0.15, 0.2) is 36.7 Å². The molecule has 0 saturated carbocycles. The van der Waals surface area contributed by atoms with Crippen LogP contribution < -0.4 is 5.32 Å². The van der Waals surface area contributed by atoms with Crippen molar-refractivity contribution in [1.29, 1.82) is 0 Å². The maximum Gasteiger partial charge on any atom is 0.211 e. The summed E-state index contributed by atoms with van der Waals surface area (Å²) in [6, 6.07) is 6.92. The largest absolute Gasteiger partial charge is 0.313 e. The molecule has 140 valence electrons. The Hall–Kier alpha value is -2.45. The lowest BCUT2D eigenvalue weighted by Gasteiger charge is -2.24. The van der Waals surface area contributed by atoms with Crippen molar-refractivity contribution >= 4 is 22.3 Å². The van der Waals surface area contributed by atoms with Gasteiger partial charge in [-0.25, -0.2) is 9.37 Å². The summed E-state index contributed by atoms with van der Waals surface area (Å²) in [5.74, 6) is 0.476. The second kappa shape index (κ2) is 8.06. The molecule has 1 aliphatic rings. The van der Waals surface area contributed by atoms with E-state index in [4.69, 9.17) is 4.98 Å². The van der Waals surface area contributed by atoms with E-state index in [0.29, 0.717) is 5.82 Å². The van der Waals surface area contributed by atoms with Gasteiger partial charge >= 0.3 is 0 Å². The van der Waals surface area contributed by atoms with E-state index in [0.717, 1.165) is 53.7 Å². The van der Waals surface area contributed by atoms with Gasteiger partial charge in [0.2, 0.25) is 5.13 Å². The first-order chi connectivity index (χ1) is 13.2. The highest BCUT2D eigenvalue weighted by atomic mass is 32.1. The number of halogens is 1. The van der Waals surface area contributed by atoms with E-state index in [-0.39, 0.29) is 11.9 Å². The SMILES string of the molecule is CCc1nnc(Nc2cncc(C3CCCN3Cc3ccc(F)cc3)n2)s1. The number of anilines is 2. The van der Waals surface area contributed by atoms with Crippen LogP contribution in [0, 0.1) is 5.82 Å². The minimum absolute atomic E-state index is 0.204. The zero-order chi connectivity index (χ0) is 18.6. The van der Waals surface area contributed by atoms with E-state index in [1.54, 1.807) is 6.20 Å². The lowest BCUT2D eigenvalue weighted by atomic mass is 10.1. The molecule has 2 aromatic heterocycles. The normalized spacial score (nSPS) is 17.3. The molecular weight excluding hydrogens is 363 g/mol. The molecule has 1 saturated heterocycles. The Morgan fingerprint density at radius 3 is 2.85 bits per heavy atom. The lowest BCUT2D eigenvalue weighted by molar-refractivity contribution is 0.244. The number of nitrogens with zero attached hydrogens (tertiary/aromatic N) is 5. The molecule has 6 nitrogen and oxygen atoms in total. The minimum atomic E-state index is -0.204. The average Bonchev–Trinajstić information content (AvgIpc) is 3.33. The molecule has 1 N–H and O–H groups in total. The molecule has 0 aliphatic carbocycles. The van der Waals surface area contributed by atoms with Gasteiger partial charge in [-0.15, -0.1) is 10.2 Å². The summed E-state index contributed by atoms with van der Waals surface area (Å²) in [6.07, 6.45) is 6.55. The summed E-state index contributed by atoms with van der Waals surface area (Å²) in [7, 11) is 0. The maximum absolute atomic E-state index is 13.1. The Morgan fingerprint density at radius 2 is 2.07 bits per heavy atom. The number of nitrogens with one attached hydrogen (secondary N) is 1. The summed E-state index contributed by atoms with van der Waals surface area (Å²) in [6.45, 7) is 3.83. The van der Waals surface area contributed by atoms with Crippen molar-refractivity contribution in [1.82, 2.24) is 25.1 Å². The quantitative estimate of drug-likeness (QED) is 0.690. The van der Waals surface area contributed by atoms with Crippen molar-refractivity contribution in [2.75, 3.05) is 11.9 Å². The Morgan fingerprint density at radius 1 is 1.22 bits per heavy atom. The smallest absolute Gasteiger partial charge is 0.211 e. The van der Waals surface area contributed by atoms with Crippen LogP contribution in [0.2, 0.25) is 0 Å². The Balaban J connectivity index is 1.48. The van der Waals surface area contributed by atoms with Crippen molar-refractivity contribution in [3.8, 4) is 0 Å². The number of likely N-dealkylation sites (tertiary alicyclic amines) is 1. The predicted molar refractivity (Wildman–Crippen MR) is 103 cm³/mol. The molecule has 0 spiro atoms. The summed E-state index contributed by atoms with van der Waals surface area (Å²) < 4.78 is 13.1. The standard InChI is InChI=1S/C19H21FN6S/c1-2-18-24-25-19(27-18)23-17-11-21-10-15(22-17)16-4-3-9-26(16)12-13-5-7-14(20)8-6-13/h5-8,10-11,16H,2-4,9,12H2,1H3,(H,22,23,25). The fraction of sp³-hybridized carbons (Fsp3) is 0.368. The lowest BCUT2D eigenvalue weighted by Crippen LogP contribution is -2.23. The third-order valence-corrected chi connectivity index (χ3v) is 5.64. The van der Waals surface area contributed by atoms with Crippen LogP contribution in [0.25, 0.3) is 0 Å². The van der Waals surface area contributed by atoms with Crippen molar-refractivity contribution in [2.45, 2.75) is 38.8 Å². The van der Waals surface area contributed by atoms with Crippen molar-refractivity contribution in [2.24, 2.45) is 0 Å². The molecule has 1 unspecified atom stereocenters. The van der Waals surface area contributed by atoms with Gasteiger partial charge in [0, 0.05) is 6.54 Å². The first kappa shape index (κ1) is 17.9. The Bertz CT molecular complexity index is 897. The number of aromatic nitrogens is 4. The molecule has 0 amide bonds. The van der Waals surface area contributed by atoms with Gasteiger partial charge < -0.3 is 5.32 Å². The van der Waals surface area contributed by atoms with Crippen molar-refractivity contribution in [3.63, 3.8) is 0 Å². The number of hydrogen-bond acceptors (Lipinski definition) is 7. The zero-order valence-electron chi connectivity index (χ0n) is 15.1. The zero-order valence-corrected chi connectivity index (χ0v) is 15.9. The number of hydrogen-bond donors (Lipinski definition) is 1. The molecule has 1 fully saturated rings. The van der Waals surface area contributed by atoms with E-state index in [9.17, 15) is 4.39 Å². The first-order valence-corrected chi connectivity index (χ1v) is 9.93. The fourth-order valence-corrected chi connectivity index (χ4v) is 4.02. The average molecular weight is 384 g/mol. The van der Waals surface area contributed by atoms with Crippen LogP contribution in [0.1, 0.15) is 42.1 Å². The molecule has 3 aromatic rings. The van der Waals surface area contributed by atoms with E-state index in [1.807, 2.05) is 18.3 Å². The molecule has 1 aliphatic heterocycles. The summed E-state index contributed by atoms with van der Waals surface area (Å²) in [5, 5.41) is 13.2. The highest BCUT2D eigenvalue weighted by molar-refractivity contribution is 7.15. The van der Waals surface area contributed by atoms with Crippen LogP contribution in [0.5, 0.6) is 0 Å². The van der Waals surface area contributed by atoms with E-state index in [1.165, 1.54) is 23.5 Å². The highest BCUT2D eigenvalue weighted by Crippen LogP contribution is 2.32. The van der Waals surface area contributed by atoms with Gasteiger partial charge in [0.1, 0.15) is 10.8 Å². The topological polar surface area (TPSA) is 66.8 Å². The van der Waals surface area contributed by atoms with Gasteiger partial charge in [-0.05, 0) is 43.5 Å². The monoisotopic (exact) mass is 384 g/mol. The Kier molecular flexibility index (Phi) is 5.35. The van der Waals surface area contributed by atoms with Crippen LogP contribution >= 0.6 is 11.3 Å². The number of rotatable bonds is 6. The van der Waals surface area contributed by atoms with Gasteiger partial charge in [-0.2, -0.15) is 0 Å². The predicted octanol–water partition coefficient (Wildman–Crippen LogP) is 4.11. The first-order valence-electron chi connectivity index (χ1n) is 9.11. The van der Waals surface area contributed by atoms with Crippen molar-refractivity contribution in [3.05, 3.63) is 58.7 Å². The van der Waals surface area contributed by atoms with Gasteiger partial charge in [0.15, 0.2) is 5.82 Å². The highest BCUT2D eigenvalue weighted by Gasteiger charge is 2.27. The molecule has 3 heterocycles. The van der Waals surface area contributed by atoms with Crippen LogP contribution in [0.3, 0.4) is 0 Å². The van der Waals surface area contributed by atoms with E-state index < -0.39 is 0 Å². The summed E-state index contributed by atoms with van der Waals surface area (Å²) >= 11 is 1.53. The second-order valence-corrected chi connectivity index (χ2v) is 7.63. The second-order valence-electron chi connectivity index (χ2n) is 6.56. The molecule has 0 bridgehead atoms. The van der Waals surface area contributed by atoms with Gasteiger partial charge in [0.25, 0.3) is 0 Å². The molecule has 27 heavy (non-hydrogen) atoms. The van der Waals surface area contributed by atoms with Crippen molar-refractivity contribution < 1.29 is 4.39 Å². The summed E-state index contributed by atoms with van der Waals surface area (Å²) in [5.41, 5.74) is 2.05. The van der Waals surface area contributed by atoms with Crippen LogP contribution in [-0.2, 0) is 13.0 Å². The van der Waals surface area contributed by atoms with Gasteiger partial charge in [-0.3, -0.25) is 9.88 Å². The summed E-state index contributed by atoms with van der Waals surface area (Å²) in [4.78, 5) is 11.5. The molecule has 1 aromatic carbocycles. The van der Waals surface area contributed by atoms with E-state index in [2.05, 4.69) is 32.3 Å². The van der Waals surface area contributed by atoms with Gasteiger partial charge in [-0.1, -0.05) is 30.4 Å². The van der Waals surface area contributed by atoms with Gasteiger partial charge in [0.05, 0.1) is 24.1 Å². The molecular formula is C19H21FN6S. The number of benzene rings is 1. The molecule has 8 heteroatoms. The molecule has 4 rings (SSSR count). The maximum atomic E-state index is 13.1. The third kappa shape index (κ3) is 4.28. The fourth-order valence-electron chi connectivity index (χ4n) is 3.33. The third-order valence-electron chi connectivity index (χ3n) is 4.66. The Labute approximate surface area is 161 Å². The molecule has 1 atom stereocenters. The number of aryl methyl sites for hydroxylation is 1. The van der Waals surface area contributed by atoms with Crippen LogP contribution in [-0.4, -0.2) is 31.6 Å². The van der Waals surface area contributed by atoms with E-state index >= 15 is 0 Å². The minimum Gasteiger partial charge on any atom is -0.313 e. The molecule has 0 radical (unpaired) electrons.